The molecule has 0 amide bonds. The van der Waals surface area contributed by atoms with Crippen molar-refractivity contribution in [3.63, 3.8) is 0 Å². The van der Waals surface area contributed by atoms with Crippen molar-refractivity contribution in [2.45, 2.75) is 40.5 Å². The molecule has 0 bridgehead atoms. The molecule has 33 heavy (non-hydrogen) atoms. The average Bonchev–Trinajstić information content (AvgIpc) is 2.84. The van der Waals surface area contributed by atoms with Gasteiger partial charge in [0.2, 0.25) is 5.36 Å². The van der Waals surface area contributed by atoms with Crippen molar-refractivity contribution in [1.29, 1.82) is 0 Å². The first-order valence-electron chi connectivity index (χ1n) is 12.0. The van der Waals surface area contributed by atoms with Crippen molar-refractivity contribution in [2.24, 2.45) is 0 Å². The van der Waals surface area contributed by atoms with Crippen LogP contribution < -0.4 is 14.8 Å². The van der Waals surface area contributed by atoms with Crippen molar-refractivity contribution in [2.75, 3.05) is 31.1 Å². The summed E-state index contributed by atoms with van der Waals surface area (Å²) in [6.07, 6.45) is 5.48. The Morgan fingerprint density at radius 2 is 1.73 bits per heavy atom. The summed E-state index contributed by atoms with van der Waals surface area (Å²) in [5, 5.41) is 12.0. The van der Waals surface area contributed by atoms with Gasteiger partial charge in [-0.2, -0.15) is 0 Å². The van der Waals surface area contributed by atoms with Gasteiger partial charge in [-0.15, -0.1) is 0 Å². The first-order chi connectivity index (χ1) is 16.0. The molecule has 0 spiro atoms. The van der Waals surface area contributed by atoms with E-state index in [1.807, 2.05) is 6.08 Å². The lowest BCUT2D eigenvalue weighted by atomic mass is 9.86. The predicted molar refractivity (Wildman–Crippen MR) is 136 cm³/mol. The Labute approximate surface area is 195 Å². The molecule has 0 aromatic heterocycles. The standard InChI is InChI=1S/C28H32N2O3/c1-5-29(6-2)19-13-15-23-25(17-19)33-26-18-20(30(7-3)8-4)14-16-24(26)27(23)21-11-9-10-12-22(21)28(31)32/h11-18H,5-10H2,1-4H3/p+1. The van der Waals surface area contributed by atoms with Crippen molar-refractivity contribution >= 4 is 28.2 Å². The molecule has 0 atom stereocenters. The fourth-order valence-corrected chi connectivity index (χ4v) is 4.84. The number of carboxylic acids is 1. The van der Waals surface area contributed by atoms with Crippen LogP contribution >= 0.6 is 0 Å². The van der Waals surface area contributed by atoms with Crippen LogP contribution in [0.2, 0.25) is 0 Å². The van der Waals surface area contributed by atoms with E-state index in [2.05, 4.69) is 79.6 Å². The fraction of sp³-hybridized carbons (Fsp3) is 0.357. The maximum Gasteiger partial charge on any atom is 0.335 e. The second-order valence-electron chi connectivity index (χ2n) is 8.30. The molecule has 1 N–H and O–H groups in total. The minimum absolute atomic E-state index is 0.371. The molecule has 5 nitrogen and oxygen atoms in total. The molecule has 0 saturated carbocycles. The smallest absolute Gasteiger partial charge is 0.335 e. The Bertz CT molecular complexity index is 1290. The van der Waals surface area contributed by atoms with Crippen LogP contribution in [-0.4, -0.2) is 37.3 Å². The van der Waals surface area contributed by atoms with Gasteiger partial charge in [0.15, 0.2) is 0 Å². The van der Waals surface area contributed by atoms with Crippen LogP contribution in [0.3, 0.4) is 0 Å². The number of hydrogen-bond donors (Lipinski definition) is 1. The molecule has 1 aromatic rings. The van der Waals surface area contributed by atoms with Crippen LogP contribution in [0.25, 0.3) is 27.9 Å². The molecule has 0 radical (unpaired) electrons. The molecule has 1 aliphatic heterocycles. The first kappa shape index (κ1) is 22.8. The third-order valence-corrected chi connectivity index (χ3v) is 6.60. The Balaban J connectivity index is 2.08. The topological polar surface area (TPSA) is 56.7 Å². The lowest BCUT2D eigenvalue weighted by Gasteiger charge is -2.23. The van der Waals surface area contributed by atoms with E-state index in [4.69, 9.17) is 4.42 Å². The van der Waals surface area contributed by atoms with Gasteiger partial charge in [-0.25, -0.2) is 9.37 Å². The van der Waals surface area contributed by atoms with E-state index < -0.39 is 5.97 Å². The minimum atomic E-state index is -0.887. The second kappa shape index (κ2) is 9.65. The summed E-state index contributed by atoms with van der Waals surface area (Å²) in [6.45, 7) is 12.2. The predicted octanol–water partition coefficient (Wildman–Crippen LogP) is 5.38. The lowest BCUT2D eigenvalue weighted by molar-refractivity contribution is -0.132. The highest BCUT2D eigenvalue weighted by molar-refractivity contribution is 6.12. The summed E-state index contributed by atoms with van der Waals surface area (Å²) >= 11 is 0. The zero-order valence-electron chi connectivity index (χ0n) is 20.0. The van der Waals surface area contributed by atoms with Crippen molar-refractivity contribution in [3.05, 3.63) is 65.0 Å². The summed E-state index contributed by atoms with van der Waals surface area (Å²) in [7, 11) is 0. The largest absolute Gasteiger partial charge is 0.478 e. The number of allylic oxidation sites excluding steroid dienone is 2. The van der Waals surface area contributed by atoms with Crippen LogP contribution in [0.1, 0.15) is 46.1 Å². The number of aliphatic carboxylic acids is 1. The van der Waals surface area contributed by atoms with E-state index in [0.29, 0.717) is 5.57 Å². The van der Waals surface area contributed by atoms with E-state index in [1.165, 1.54) is 0 Å². The number of carbonyl (C=O) groups is 1. The lowest BCUT2D eigenvalue weighted by Crippen LogP contribution is -2.29. The Hall–Kier alpha value is -3.34. The number of carboxylic acid groups (broad SMARTS) is 1. The number of fused-ring (bicyclic) bond motifs is 2. The molecule has 4 rings (SSSR count). The molecule has 0 saturated heterocycles. The van der Waals surface area contributed by atoms with Gasteiger partial charge in [-0.3, -0.25) is 0 Å². The summed E-state index contributed by atoms with van der Waals surface area (Å²) in [5.41, 5.74) is 4.91. The normalized spacial score (nSPS) is 13.7. The average molecular weight is 446 g/mol. The maximum atomic E-state index is 12.1. The van der Waals surface area contributed by atoms with Crippen LogP contribution in [0.4, 0.5) is 5.69 Å². The quantitative estimate of drug-likeness (QED) is 0.392. The Morgan fingerprint density at radius 3 is 2.39 bits per heavy atom. The molecular weight excluding hydrogens is 412 g/mol. The summed E-state index contributed by atoms with van der Waals surface area (Å²) < 4.78 is 8.77. The van der Waals surface area contributed by atoms with Crippen LogP contribution in [0.15, 0.2) is 58.5 Å². The van der Waals surface area contributed by atoms with Gasteiger partial charge < -0.3 is 14.4 Å². The van der Waals surface area contributed by atoms with Gasteiger partial charge in [0.05, 0.1) is 11.6 Å². The molecule has 1 aromatic carbocycles. The summed E-state index contributed by atoms with van der Waals surface area (Å²) in [4.78, 5) is 14.4. The highest BCUT2D eigenvalue weighted by Crippen LogP contribution is 2.42. The van der Waals surface area contributed by atoms with Crippen LogP contribution in [0, 0.1) is 0 Å². The number of anilines is 1. The van der Waals surface area contributed by atoms with E-state index in [0.717, 1.165) is 83.5 Å². The molecule has 3 aliphatic rings. The molecule has 0 fully saturated rings. The van der Waals surface area contributed by atoms with Crippen LogP contribution in [-0.2, 0) is 4.79 Å². The van der Waals surface area contributed by atoms with Crippen molar-refractivity contribution in [3.8, 4) is 11.3 Å². The fourth-order valence-electron chi connectivity index (χ4n) is 4.84. The van der Waals surface area contributed by atoms with E-state index in [9.17, 15) is 9.90 Å². The van der Waals surface area contributed by atoms with Gasteiger partial charge in [-0.1, -0.05) is 12.2 Å². The van der Waals surface area contributed by atoms with E-state index in [1.54, 1.807) is 0 Å². The van der Waals surface area contributed by atoms with Gasteiger partial charge in [0, 0.05) is 47.4 Å². The summed E-state index contributed by atoms with van der Waals surface area (Å²) in [6, 6.07) is 12.5. The molecule has 5 heteroatoms. The summed E-state index contributed by atoms with van der Waals surface area (Å²) in [5.74, 6) is -0.114. The third kappa shape index (κ3) is 4.20. The van der Waals surface area contributed by atoms with Gasteiger partial charge in [0.1, 0.15) is 24.4 Å². The zero-order valence-corrected chi connectivity index (χ0v) is 20.0. The first-order valence-corrected chi connectivity index (χ1v) is 12.0. The van der Waals surface area contributed by atoms with Crippen molar-refractivity contribution in [1.82, 2.24) is 4.58 Å². The Morgan fingerprint density at radius 1 is 1.00 bits per heavy atom. The number of benzene rings is 2. The van der Waals surface area contributed by atoms with E-state index >= 15 is 0 Å². The maximum absolute atomic E-state index is 12.1. The molecule has 2 aliphatic carbocycles. The number of rotatable bonds is 7. The third-order valence-electron chi connectivity index (χ3n) is 6.60. The highest BCUT2D eigenvalue weighted by atomic mass is 16.4. The van der Waals surface area contributed by atoms with Crippen LogP contribution in [0.5, 0.6) is 0 Å². The number of nitrogens with zero attached hydrogens (tertiary/aromatic N) is 2. The zero-order chi connectivity index (χ0) is 23.5. The Kier molecular flexibility index (Phi) is 6.68. The second-order valence-corrected chi connectivity index (χ2v) is 8.30. The van der Waals surface area contributed by atoms with Crippen molar-refractivity contribution < 1.29 is 14.3 Å². The SMILES string of the molecule is CCN(CC)c1ccc2c(C3=CCCC=C3C(=O)O)c3ccc(=[N+](CC)CC)cc-3oc2c1. The molecule has 1 heterocycles. The monoisotopic (exact) mass is 445 g/mol. The van der Waals surface area contributed by atoms with Gasteiger partial charge >= 0.3 is 5.97 Å². The highest BCUT2D eigenvalue weighted by Gasteiger charge is 2.25. The molecular formula is C28H33N2O3+. The van der Waals surface area contributed by atoms with Gasteiger partial charge in [-0.05, 0) is 64.3 Å². The van der Waals surface area contributed by atoms with Gasteiger partial charge in [0.25, 0.3) is 0 Å². The molecule has 0 unspecified atom stereocenters. The van der Waals surface area contributed by atoms with E-state index in [-0.39, 0.29) is 0 Å². The molecule has 172 valence electrons. The minimum Gasteiger partial charge on any atom is -0.478 e. The number of hydrogen-bond acceptors (Lipinski definition) is 3.